The fourth-order valence-corrected chi connectivity index (χ4v) is 1.76. The average Bonchev–Trinajstić information content (AvgIpc) is 2.28. The summed E-state index contributed by atoms with van der Waals surface area (Å²) in [6, 6.07) is 0. The molecule has 1 heterocycles. The van der Waals surface area contributed by atoms with E-state index in [1.807, 2.05) is 18.7 Å². The van der Waals surface area contributed by atoms with Gasteiger partial charge < -0.3 is 15.4 Å². The molecule has 0 radical (unpaired) electrons. The second-order valence-electron chi connectivity index (χ2n) is 3.76. The summed E-state index contributed by atoms with van der Waals surface area (Å²) in [6.45, 7) is 6.37. The SMILES string of the molecule is CCC(=O)N1CCOC(CC)(CN)C1. The Morgan fingerprint density at radius 3 is 2.79 bits per heavy atom. The lowest BCUT2D eigenvalue weighted by molar-refractivity contribution is -0.149. The first kappa shape index (κ1) is 11.5. The highest BCUT2D eigenvalue weighted by atomic mass is 16.5. The van der Waals surface area contributed by atoms with Gasteiger partial charge in [-0.1, -0.05) is 13.8 Å². The molecular formula is C10H20N2O2. The quantitative estimate of drug-likeness (QED) is 0.715. The molecule has 1 fully saturated rings. The van der Waals surface area contributed by atoms with Gasteiger partial charge >= 0.3 is 0 Å². The number of ether oxygens (including phenoxy) is 1. The van der Waals surface area contributed by atoms with Crippen LogP contribution in [0.1, 0.15) is 26.7 Å². The van der Waals surface area contributed by atoms with Crippen LogP contribution in [0.25, 0.3) is 0 Å². The lowest BCUT2D eigenvalue weighted by Crippen LogP contribution is -2.56. The minimum absolute atomic E-state index is 0.194. The van der Waals surface area contributed by atoms with Gasteiger partial charge in [0.1, 0.15) is 0 Å². The van der Waals surface area contributed by atoms with Crippen LogP contribution in [0.15, 0.2) is 0 Å². The molecule has 2 N–H and O–H groups in total. The summed E-state index contributed by atoms with van der Waals surface area (Å²) < 4.78 is 5.67. The highest BCUT2D eigenvalue weighted by Crippen LogP contribution is 2.20. The fraction of sp³-hybridized carbons (Fsp3) is 0.900. The molecule has 0 bridgehead atoms. The molecule has 82 valence electrons. The van der Waals surface area contributed by atoms with Gasteiger partial charge in [-0.2, -0.15) is 0 Å². The second-order valence-corrected chi connectivity index (χ2v) is 3.76. The maximum Gasteiger partial charge on any atom is 0.222 e. The molecule has 0 aromatic rings. The minimum atomic E-state index is -0.302. The topological polar surface area (TPSA) is 55.6 Å². The zero-order chi connectivity index (χ0) is 10.6. The molecule has 1 rings (SSSR count). The van der Waals surface area contributed by atoms with Crippen LogP contribution in [0, 0.1) is 0 Å². The molecule has 0 aromatic carbocycles. The normalized spacial score (nSPS) is 27.8. The van der Waals surface area contributed by atoms with E-state index >= 15 is 0 Å². The molecule has 1 aliphatic heterocycles. The Morgan fingerprint density at radius 2 is 2.29 bits per heavy atom. The monoisotopic (exact) mass is 200 g/mol. The Balaban J connectivity index is 2.62. The van der Waals surface area contributed by atoms with E-state index < -0.39 is 0 Å². The third kappa shape index (κ3) is 2.25. The van der Waals surface area contributed by atoms with Crippen molar-refractivity contribution in [2.24, 2.45) is 5.73 Å². The zero-order valence-corrected chi connectivity index (χ0v) is 9.08. The molecule has 0 aromatic heterocycles. The van der Waals surface area contributed by atoms with Crippen molar-refractivity contribution in [3.63, 3.8) is 0 Å². The smallest absolute Gasteiger partial charge is 0.222 e. The van der Waals surface area contributed by atoms with Gasteiger partial charge in [-0.3, -0.25) is 4.79 Å². The summed E-state index contributed by atoms with van der Waals surface area (Å²) in [4.78, 5) is 13.4. The van der Waals surface area contributed by atoms with E-state index in [0.29, 0.717) is 32.7 Å². The van der Waals surface area contributed by atoms with Crippen molar-refractivity contribution < 1.29 is 9.53 Å². The van der Waals surface area contributed by atoms with Gasteiger partial charge in [0.05, 0.1) is 18.8 Å². The molecule has 1 amide bonds. The second kappa shape index (κ2) is 4.75. The standard InChI is InChI=1S/C10H20N2O2/c1-3-9(13)12-5-6-14-10(4-2,7-11)8-12/h3-8,11H2,1-2H3. The van der Waals surface area contributed by atoms with Gasteiger partial charge in [-0.15, -0.1) is 0 Å². The number of nitrogens with zero attached hydrogens (tertiary/aromatic N) is 1. The molecule has 1 aliphatic rings. The van der Waals surface area contributed by atoms with Gasteiger partial charge in [0.2, 0.25) is 5.91 Å². The number of rotatable bonds is 3. The Kier molecular flexibility index (Phi) is 3.89. The van der Waals surface area contributed by atoms with E-state index in [1.54, 1.807) is 0 Å². The van der Waals surface area contributed by atoms with Crippen LogP contribution in [-0.4, -0.2) is 42.6 Å². The molecule has 0 aliphatic carbocycles. The molecule has 0 saturated carbocycles. The summed E-state index contributed by atoms with van der Waals surface area (Å²) in [7, 11) is 0. The maximum atomic E-state index is 11.5. The summed E-state index contributed by atoms with van der Waals surface area (Å²) in [5.74, 6) is 0.194. The van der Waals surface area contributed by atoms with Crippen LogP contribution in [-0.2, 0) is 9.53 Å². The van der Waals surface area contributed by atoms with Gasteiger partial charge in [0, 0.05) is 19.5 Å². The van der Waals surface area contributed by atoms with E-state index in [-0.39, 0.29) is 11.5 Å². The molecule has 4 nitrogen and oxygen atoms in total. The lowest BCUT2D eigenvalue weighted by Gasteiger charge is -2.41. The van der Waals surface area contributed by atoms with Crippen molar-refractivity contribution in [2.45, 2.75) is 32.3 Å². The van der Waals surface area contributed by atoms with E-state index in [1.165, 1.54) is 0 Å². The van der Waals surface area contributed by atoms with Crippen LogP contribution >= 0.6 is 0 Å². The highest BCUT2D eigenvalue weighted by Gasteiger charge is 2.35. The Labute approximate surface area is 85.4 Å². The largest absolute Gasteiger partial charge is 0.370 e. The summed E-state index contributed by atoms with van der Waals surface area (Å²) >= 11 is 0. The summed E-state index contributed by atoms with van der Waals surface area (Å²) in [6.07, 6.45) is 1.42. The van der Waals surface area contributed by atoms with Gasteiger partial charge in [0.25, 0.3) is 0 Å². The van der Waals surface area contributed by atoms with Crippen LogP contribution in [0.3, 0.4) is 0 Å². The number of carbonyl (C=O) groups is 1. The van der Waals surface area contributed by atoms with Gasteiger partial charge in [0.15, 0.2) is 0 Å². The van der Waals surface area contributed by atoms with Crippen LogP contribution in [0.4, 0.5) is 0 Å². The summed E-state index contributed by atoms with van der Waals surface area (Å²) in [5.41, 5.74) is 5.39. The predicted octanol–water partition coefficient (Wildman–Crippen LogP) is 0.363. The molecule has 14 heavy (non-hydrogen) atoms. The minimum Gasteiger partial charge on any atom is -0.370 e. The number of amides is 1. The Morgan fingerprint density at radius 1 is 1.57 bits per heavy atom. The molecule has 4 heteroatoms. The zero-order valence-electron chi connectivity index (χ0n) is 9.08. The van der Waals surface area contributed by atoms with Gasteiger partial charge in [-0.05, 0) is 6.42 Å². The fourth-order valence-electron chi connectivity index (χ4n) is 1.76. The van der Waals surface area contributed by atoms with E-state index in [4.69, 9.17) is 10.5 Å². The Bertz CT molecular complexity index is 202. The average molecular weight is 200 g/mol. The maximum absolute atomic E-state index is 11.5. The number of carbonyl (C=O) groups excluding carboxylic acids is 1. The van der Waals surface area contributed by atoms with Crippen molar-refractivity contribution in [3.8, 4) is 0 Å². The number of nitrogens with two attached hydrogens (primary N) is 1. The molecule has 1 unspecified atom stereocenters. The third-order valence-electron chi connectivity index (χ3n) is 2.92. The number of morpholine rings is 1. The first-order valence-corrected chi connectivity index (χ1v) is 5.29. The summed E-state index contributed by atoms with van der Waals surface area (Å²) in [5, 5.41) is 0. The molecule has 0 spiro atoms. The first-order valence-electron chi connectivity index (χ1n) is 5.29. The van der Waals surface area contributed by atoms with Crippen LogP contribution < -0.4 is 5.73 Å². The van der Waals surface area contributed by atoms with Crippen LogP contribution in [0.2, 0.25) is 0 Å². The predicted molar refractivity (Wildman–Crippen MR) is 54.9 cm³/mol. The van der Waals surface area contributed by atoms with Gasteiger partial charge in [-0.25, -0.2) is 0 Å². The van der Waals surface area contributed by atoms with E-state index in [2.05, 4.69) is 0 Å². The van der Waals surface area contributed by atoms with E-state index in [0.717, 1.165) is 6.42 Å². The van der Waals surface area contributed by atoms with Crippen LogP contribution in [0.5, 0.6) is 0 Å². The van der Waals surface area contributed by atoms with E-state index in [9.17, 15) is 4.79 Å². The van der Waals surface area contributed by atoms with Crippen molar-refractivity contribution in [1.82, 2.24) is 4.90 Å². The van der Waals surface area contributed by atoms with Crippen molar-refractivity contribution >= 4 is 5.91 Å². The first-order chi connectivity index (χ1) is 6.67. The van der Waals surface area contributed by atoms with Crippen molar-refractivity contribution in [2.75, 3.05) is 26.2 Å². The highest BCUT2D eigenvalue weighted by molar-refractivity contribution is 5.76. The molecular weight excluding hydrogens is 180 g/mol. The molecule has 1 saturated heterocycles. The Hall–Kier alpha value is -0.610. The number of hydrogen-bond acceptors (Lipinski definition) is 3. The van der Waals surface area contributed by atoms with Crippen molar-refractivity contribution in [1.29, 1.82) is 0 Å². The lowest BCUT2D eigenvalue weighted by atomic mass is 9.98. The molecule has 1 atom stereocenters. The number of hydrogen-bond donors (Lipinski definition) is 1. The van der Waals surface area contributed by atoms with Crippen molar-refractivity contribution in [3.05, 3.63) is 0 Å². The third-order valence-corrected chi connectivity index (χ3v) is 2.92.